The lowest BCUT2D eigenvalue weighted by molar-refractivity contribution is 0.392. The molecule has 0 amide bonds. The third-order valence-electron chi connectivity index (χ3n) is 2.52. The van der Waals surface area contributed by atoms with Gasteiger partial charge in [0.05, 0.1) is 16.9 Å². The van der Waals surface area contributed by atoms with Crippen LogP contribution in [0.2, 0.25) is 0 Å². The Kier molecular flexibility index (Phi) is 5.61. The average molecular weight is 274 g/mol. The standard InChI is InChI=1S/C11H15N3OS.ClH/c1-8-11(9(2)15-14-8)3-4-12-5-10-6-16-7-13-10;/h6-7,12H,3-5H2,1-2H3;1H. The number of thiazole rings is 1. The lowest BCUT2D eigenvalue weighted by Gasteiger charge is -2.02. The second kappa shape index (κ2) is 6.74. The van der Waals surface area contributed by atoms with Gasteiger partial charge in [0.1, 0.15) is 5.76 Å². The molecule has 0 saturated carbocycles. The lowest BCUT2D eigenvalue weighted by Crippen LogP contribution is -2.17. The molecule has 0 aromatic carbocycles. The molecule has 17 heavy (non-hydrogen) atoms. The Hall–Kier alpha value is -0.910. The first-order valence-electron chi connectivity index (χ1n) is 5.27. The van der Waals surface area contributed by atoms with Gasteiger partial charge < -0.3 is 9.84 Å². The van der Waals surface area contributed by atoms with Crippen LogP contribution >= 0.6 is 23.7 Å². The molecule has 4 nitrogen and oxygen atoms in total. The van der Waals surface area contributed by atoms with Gasteiger partial charge in [0, 0.05) is 17.5 Å². The number of aryl methyl sites for hydroxylation is 2. The first kappa shape index (κ1) is 14.2. The van der Waals surface area contributed by atoms with E-state index in [0.29, 0.717) is 0 Å². The van der Waals surface area contributed by atoms with Crippen LogP contribution in [0, 0.1) is 13.8 Å². The minimum absolute atomic E-state index is 0. The molecule has 0 atom stereocenters. The van der Waals surface area contributed by atoms with Crippen molar-refractivity contribution in [3.05, 3.63) is 33.6 Å². The highest BCUT2D eigenvalue weighted by Gasteiger charge is 2.07. The quantitative estimate of drug-likeness (QED) is 0.851. The minimum Gasteiger partial charge on any atom is -0.361 e. The Morgan fingerprint density at radius 3 is 2.82 bits per heavy atom. The zero-order chi connectivity index (χ0) is 11.4. The Bertz CT molecular complexity index is 422. The fourth-order valence-electron chi connectivity index (χ4n) is 1.61. The highest BCUT2D eigenvalue weighted by atomic mass is 35.5. The van der Waals surface area contributed by atoms with Crippen LogP contribution in [-0.4, -0.2) is 16.7 Å². The molecule has 0 radical (unpaired) electrons. The summed E-state index contributed by atoms with van der Waals surface area (Å²) in [7, 11) is 0. The summed E-state index contributed by atoms with van der Waals surface area (Å²) in [4.78, 5) is 4.21. The molecule has 94 valence electrons. The average Bonchev–Trinajstić information content (AvgIpc) is 2.87. The normalized spacial score (nSPS) is 10.2. The molecule has 0 saturated heterocycles. The van der Waals surface area contributed by atoms with Crippen molar-refractivity contribution < 1.29 is 4.52 Å². The summed E-state index contributed by atoms with van der Waals surface area (Å²) >= 11 is 1.62. The fraction of sp³-hybridized carbons (Fsp3) is 0.455. The van der Waals surface area contributed by atoms with Gasteiger partial charge in [-0.25, -0.2) is 4.98 Å². The van der Waals surface area contributed by atoms with Crippen molar-refractivity contribution in [3.63, 3.8) is 0 Å². The summed E-state index contributed by atoms with van der Waals surface area (Å²) < 4.78 is 5.11. The maximum atomic E-state index is 5.11. The molecule has 0 aliphatic rings. The maximum absolute atomic E-state index is 5.11. The van der Waals surface area contributed by atoms with Crippen LogP contribution in [0.3, 0.4) is 0 Å². The van der Waals surface area contributed by atoms with Crippen molar-refractivity contribution in [2.45, 2.75) is 26.8 Å². The summed E-state index contributed by atoms with van der Waals surface area (Å²) in [5.74, 6) is 0.924. The lowest BCUT2D eigenvalue weighted by atomic mass is 10.1. The SMILES string of the molecule is Cc1noc(C)c1CCNCc1cscn1.Cl. The minimum atomic E-state index is 0. The molecule has 2 aromatic rings. The van der Waals surface area contributed by atoms with E-state index in [9.17, 15) is 0 Å². The Labute approximate surface area is 111 Å². The van der Waals surface area contributed by atoms with Gasteiger partial charge in [0.2, 0.25) is 0 Å². The highest BCUT2D eigenvalue weighted by molar-refractivity contribution is 7.07. The molecule has 0 bridgehead atoms. The first-order chi connectivity index (χ1) is 7.77. The monoisotopic (exact) mass is 273 g/mol. The zero-order valence-electron chi connectivity index (χ0n) is 9.90. The van der Waals surface area contributed by atoms with E-state index in [1.54, 1.807) is 11.3 Å². The van der Waals surface area contributed by atoms with Crippen molar-refractivity contribution in [2.75, 3.05) is 6.54 Å². The Balaban J connectivity index is 0.00000144. The molecule has 2 rings (SSSR count). The molecular formula is C11H16ClN3OS. The Morgan fingerprint density at radius 2 is 2.24 bits per heavy atom. The van der Waals surface area contributed by atoms with Crippen molar-refractivity contribution in [1.29, 1.82) is 0 Å². The van der Waals surface area contributed by atoms with Gasteiger partial charge in [-0.3, -0.25) is 0 Å². The van der Waals surface area contributed by atoms with Crippen LogP contribution in [0.15, 0.2) is 15.4 Å². The second-order valence-electron chi connectivity index (χ2n) is 3.71. The maximum Gasteiger partial charge on any atom is 0.137 e. The van der Waals surface area contributed by atoms with Crippen molar-refractivity contribution >= 4 is 23.7 Å². The topological polar surface area (TPSA) is 51.0 Å². The van der Waals surface area contributed by atoms with E-state index in [4.69, 9.17) is 4.52 Å². The van der Waals surface area contributed by atoms with Gasteiger partial charge in [-0.2, -0.15) is 0 Å². The fourth-order valence-corrected chi connectivity index (χ4v) is 2.17. The van der Waals surface area contributed by atoms with Crippen LogP contribution < -0.4 is 5.32 Å². The molecule has 0 aliphatic heterocycles. The zero-order valence-corrected chi connectivity index (χ0v) is 11.5. The molecule has 2 aromatic heterocycles. The molecule has 2 heterocycles. The van der Waals surface area contributed by atoms with Crippen molar-refractivity contribution in [2.24, 2.45) is 0 Å². The van der Waals surface area contributed by atoms with Crippen LogP contribution in [-0.2, 0) is 13.0 Å². The number of nitrogens with one attached hydrogen (secondary N) is 1. The molecule has 6 heteroatoms. The van der Waals surface area contributed by atoms with Gasteiger partial charge >= 0.3 is 0 Å². The van der Waals surface area contributed by atoms with Crippen LogP contribution in [0.4, 0.5) is 0 Å². The highest BCUT2D eigenvalue weighted by Crippen LogP contribution is 2.12. The smallest absolute Gasteiger partial charge is 0.137 e. The number of aromatic nitrogens is 2. The molecule has 1 N–H and O–H groups in total. The summed E-state index contributed by atoms with van der Waals surface area (Å²) in [5.41, 5.74) is 5.16. The third kappa shape index (κ3) is 3.80. The van der Waals surface area contributed by atoms with E-state index >= 15 is 0 Å². The first-order valence-corrected chi connectivity index (χ1v) is 6.21. The molecule has 0 spiro atoms. The van der Waals surface area contributed by atoms with Gasteiger partial charge in [0.15, 0.2) is 0 Å². The predicted molar refractivity (Wildman–Crippen MR) is 70.7 cm³/mol. The third-order valence-corrected chi connectivity index (χ3v) is 3.16. The summed E-state index contributed by atoms with van der Waals surface area (Å²) in [6.07, 6.45) is 0.950. The van der Waals surface area contributed by atoms with Gasteiger partial charge in [-0.1, -0.05) is 5.16 Å². The summed E-state index contributed by atoms with van der Waals surface area (Å²) in [6, 6.07) is 0. The van der Waals surface area contributed by atoms with Gasteiger partial charge in [-0.15, -0.1) is 23.7 Å². The number of nitrogens with zero attached hydrogens (tertiary/aromatic N) is 2. The van der Waals surface area contributed by atoms with E-state index in [-0.39, 0.29) is 12.4 Å². The van der Waals surface area contributed by atoms with Gasteiger partial charge in [0.25, 0.3) is 0 Å². The van der Waals surface area contributed by atoms with E-state index in [0.717, 1.165) is 36.7 Å². The van der Waals surface area contributed by atoms with E-state index in [1.807, 2.05) is 19.4 Å². The van der Waals surface area contributed by atoms with Crippen LogP contribution in [0.5, 0.6) is 0 Å². The van der Waals surface area contributed by atoms with Crippen LogP contribution in [0.1, 0.15) is 22.7 Å². The van der Waals surface area contributed by atoms with Crippen molar-refractivity contribution in [3.8, 4) is 0 Å². The van der Waals surface area contributed by atoms with E-state index in [1.165, 1.54) is 5.56 Å². The molecule has 0 fully saturated rings. The number of rotatable bonds is 5. The summed E-state index contributed by atoms with van der Waals surface area (Å²) in [6.45, 7) is 5.68. The summed E-state index contributed by atoms with van der Waals surface area (Å²) in [5, 5.41) is 9.35. The van der Waals surface area contributed by atoms with E-state index in [2.05, 4.69) is 20.8 Å². The van der Waals surface area contributed by atoms with E-state index < -0.39 is 0 Å². The number of hydrogen-bond donors (Lipinski definition) is 1. The van der Waals surface area contributed by atoms with Gasteiger partial charge in [-0.05, 0) is 26.8 Å². The molecular weight excluding hydrogens is 258 g/mol. The largest absolute Gasteiger partial charge is 0.361 e. The van der Waals surface area contributed by atoms with Crippen LogP contribution in [0.25, 0.3) is 0 Å². The second-order valence-corrected chi connectivity index (χ2v) is 4.43. The number of hydrogen-bond acceptors (Lipinski definition) is 5. The Morgan fingerprint density at radius 1 is 1.41 bits per heavy atom. The number of halogens is 1. The predicted octanol–water partition coefficient (Wildman–Crippen LogP) is 2.50. The van der Waals surface area contributed by atoms with Crippen molar-refractivity contribution in [1.82, 2.24) is 15.5 Å². The molecule has 0 aliphatic carbocycles. The molecule has 0 unspecified atom stereocenters.